The van der Waals surface area contributed by atoms with E-state index in [1.165, 1.54) is 0 Å². The Hall–Kier alpha value is -1.12. The molecule has 0 saturated heterocycles. The highest BCUT2D eigenvalue weighted by Crippen LogP contribution is 2.47. The van der Waals surface area contributed by atoms with Gasteiger partial charge < -0.3 is 14.5 Å². The molecule has 1 saturated carbocycles. The standard InChI is InChI=1S/C15H22NO2/c1-5-15(4)7-6-11(10(2)3)12(8-15)13-14(17)16-9-18-13/h5,10-13H,1,6-8H2,2-4H3/q-1. The van der Waals surface area contributed by atoms with E-state index in [4.69, 9.17) is 4.74 Å². The molecule has 0 aromatic heterocycles. The summed E-state index contributed by atoms with van der Waals surface area (Å²) < 4.78 is 5.32. The van der Waals surface area contributed by atoms with Gasteiger partial charge in [-0.05, 0) is 42.4 Å². The molecule has 0 aromatic rings. The Kier molecular flexibility index (Phi) is 3.60. The van der Waals surface area contributed by atoms with Crippen LogP contribution >= 0.6 is 0 Å². The van der Waals surface area contributed by atoms with Crippen molar-refractivity contribution in [3.05, 3.63) is 12.7 Å². The lowest BCUT2D eigenvalue weighted by Gasteiger charge is -2.45. The second-order valence-corrected chi connectivity index (χ2v) is 6.25. The first kappa shape index (κ1) is 13.3. The number of allylic oxidation sites excluding steroid dienone is 1. The lowest BCUT2D eigenvalue weighted by atomic mass is 9.62. The lowest BCUT2D eigenvalue weighted by molar-refractivity contribution is -0.127. The molecule has 100 valence electrons. The van der Waals surface area contributed by atoms with Gasteiger partial charge in [-0.3, -0.25) is 0 Å². The topological polar surface area (TPSA) is 38.7 Å². The zero-order valence-electron chi connectivity index (χ0n) is 11.5. The Morgan fingerprint density at radius 2 is 2.33 bits per heavy atom. The molecule has 4 atom stereocenters. The van der Waals surface area contributed by atoms with Crippen molar-refractivity contribution in [3.63, 3.8) is 0 Å². The van der Waals surface area contributed by atoms with Crippen LogP contribution in [0.4, 0.5) is 0 Å². The average Bonchev–Trinajstić information content (AvgIpc) is 2.75. The van der Waals surface area contributed by atoms with Gasteiger partial charge in [0.2, 0.25) is 0 Å². The molecule has 0 radical (unpaired) electrons. The second-order valence-electron chi connectivity index (χ2n) is 6.25. The predicted octanol–water partition coefficient (Wildman–Crippen LogP) is 3.08. The van der Waals surface area contributed by atoms with Crippen molar-refractivity contribution in [1.29, 1.82) is 0 Å². The van der Waals surface area contributed by atoms with E-state index in [0.717, 1.165) is 19.3 Å². The molecule has 1 heterocycles. The Morgan fingerprint density at radius 1 is 1.61 bits per heavy atom. The Labute approximate surface area is 109 Å². The van der Waals surface area contributed by atoms with E-state index in [0.29, 0.717) is 11.8 Å². The number of hydrogen-bond acceptors (Lipinski definition) is 2. The molecule has 3 heteroatoms. The van der Waals surface area contributed by atoms with Gasteiger partial charge in [0, 0.05) is 6.40 Å². The van der Waals surface area contributed by atoms with Gasteiger partial charge in [0.05, 0.1) is 6.10 Å². The molecule has 2 aliphatic rings. The summed E-state index contributed by atoms with van der Waals surface area (Å²) in [5, 5.41) is 0. The van der Waals surface area contributed by atoms with Gasteiger partial charge in [0.1, 0.15) is 5.91 Å². The van der Waals surface area contributed by atoms with Crippen molar-refractivity contribution in [2.75, 3.05) is 0 Å². The van der Waals surface area contributed by atoms with Crippen molar-refractivity contribution in [2.24, 2.45) is 28.2 Å². The van der Waals surface area contributed by atoms with Crippen LogP contribution in [0.1, 0.15) is 40.0 Å². The van der Waals surface area contributed by atoms with Gasteiger partial charge in [-0.1, -0.05) is 26.8 Å². The lowest BCUT2D eigenvalue weighted by Crippen LogP contribution is -2.42. The Balaban J connectivity index is 2.20. The van der Waals surface area contributed by atoms with E-state index in [1.54, 1.807) is 0 Å². The molecule has 0 aromatic carbocycles. The minimum Gasteiger partial charge on any atom is -0.577 e. The van der Waals surface area contributed by atoms with Crippen molar-refractivity contribution < 1.29 is 9.53 Å². The maximum atomic E-state index is 11.8. The second kappa shape index (κ2) is 4.87. The highest BCUT2D eigenvalue weighted by molar-refractivity contribution is 5.91. The van der Waals surface area contributed by atoms with Gasteiger partial charge in [-0.15, -0.1) is 6.58 Å². The highest BCUT2D eigenvalue weighted by atomic mass is 16.5. The fourth-order valence-corrected chi connectivity index (χ4v) is 3.36. The highest BCUT2D eigenvalue weighted by Gasteiger charge is 2.42. The molecular weight excluding hydrogens is 226 g/mol. The minimum absolute atomic E-state index is 0.113. The Bertz CT molecular complexity index is 375. The Morgan fingerprint density at radius 3 is 2.83 bits per heavy atom. The summed E-state index contributed by atoms with van der Waals surface area (Å²) in [6.07, 6.45) is 7.20. The van der Waals surface area contributed by atoms with E-state index < -0.39 is 6.10 Å². The average molecular weight is 248 g/mol. The normalized spacial score (nSPS) is 40.0. The zero-order valence-corrected chi connectivity index (χ0v) is 11.5. The minimum atomic E-state index is -0.419. The first-order valence-electron chi connectivity index (χ1n) is 6.76. The molecular formula is C15H22NO2-. The van der Waals surface area contributed by atoms with Crippen LogP contribution in [-0.4, -0.2) is 18.4 Å². The molecule has 0 bridgehead atoms. The first-order chi connectivity index (χ1) is 8.47. The van der Waals surface area contributed by atoms with Gasteiger partial charge in [-0.2, -0.15) is 0 Å². The van der Waals surface area contributed by atoms with Gasteiger partial charge in [-0.25, -0.2) is 0 Å². The molecule has 0 spiro atoms. The summed E-state index contributed by atoms with van der Waals surface area (Å²) in [5.41, 5.74) is 0.113. The zero-order chi connectivity index (χ0) is 13.3. The number of aliphatic imine (C=N–C) groups is 1. The molecule has 0 N–H and O–H groups in total. The van der Waals surface area contributed by atoms with Crippen LogP contribution in [0.3, 0.4) is 0 Å². The van der Waals surface area contributed by atoms with Crippen molar-refractivity contribution in [1.82, 2.24) is 0 Å². The van der Waals surface area contributed by atoms with Crippen molar-refractivity contribution in [3.8, 4) is 0 Å². The maximum absolute atomic E-state index is 11.8. The number of ether oxygens (including phenoxy) is 1. The number of nitrogens with zero attached hydrogens (tertiary/aromatic N) is 1. The molecule has 2 rings (SSSR count). The number of carbonyl (C=O) groups excluding carboxylic acids is 1. The van der Waals surface area contributed by atoms with Gasteiger partial charge >= 0.3 is 0 Å². The SMILES string of the molecule is C=CC1(C)CCC(C(C)C)C(C2O[C-]=NC2=O)C1. The summed E-state index contributed by atoms with van der Waals surface area (Å²) >= 11 is 0. The summed E-state index contributed by atoms with van der Waals surface area (Å²) in [5.74, 6) is 1.13. The monoisotopic (exact) mass is 248 g/mol. The molecule has 1 aliphatic heterocycles. The fraction of sp³-hybridized carbons (Fsp3) is 0.733. The first-order valence-corrected chi connectivity index (χ1v) is 6.76. The molecule has 4 unspecified atom stereocenters. The quantitative estimate of drug-likeness (QED) is 0.568. The van der Waals surface area contributed by atoms with E-state index in [-0.39, 0.29) is 17.2 Å². The summed E-state index contributed by atoms with van der Waals surface area (Å²) in [6.45, 7) is 10.6. The molecule has 3 nitrogen and oxygen atoms in total. The van der Waals surface area contributed by atoms with Crippen LogP contribution in [0.25, 0.3) is 0 Å². The van der Waals surface area contributed by atoms with Crippen molar-refractivity contribution >= 4 is 12.3 Å². The number of rotatable bonds is 3. The van der Waals surface area contributed by atoms with Gasteiger partial charge in [0.25, 0.3) is 0 Å². The third kappa shape index (κ3) is 2.36. The molecule has 1 amide bonds. The van der Waals surface area contributed by atoms with Crippen LogP contribution in [0.5, 0.6) is 0 Å². The maximum Gasteiger partial charge on any atom is 0.128 e. The predicted molar refractivity (Wildman–Crippen MR) is 71.3 cm³/mol. The molecule has 1 fully saturated rings. The number of hydrogen-bond donors (Lipinski definition) is 0. The van der Waals surface area contributed by atoms with Crippen LogP contribution in [-0.2, 0) is 9.53 Å². The van der Waals surface area contributed by atoms with E-state index in [1.807, 2.05) is 6.08 Å². The summed E-state index contributed by atoms with van der Waals surface area (Å²) in [7, 11) is 0. The number of amides is 1. The summed E-state index contributed by atoms with van der Waals surface area (Å²) in [6, 6.07) is 0. The van der Waals surface area contributed by atoms with Gasteiger partial charge in [0.15, 0.2) is 0 Å². The molecule has 18 heavy (non-hydrogen) atoms. The smallest absolute Gasteiger partial charge is 0.128 e. The van der Waals surface area contributed by atoms with E-state index in [9.17, 15) is 4.79 Å². The van der Waals surface area contributed by atoms with Crippen LogP contribution in [0.2, 0.25) is 0 Å². The van der Waals surface area contributed by atoms with E-state index >= 15 is 0 Å². The third-order valence-electron chi connectivity index (χ3n) is 4.62. The third-order valence-corrected chi connectivity index (χ3v) is 4.62. The largest absolute Gasteiger partial charge is 0.577 e. The summed E-state index contributed by atoms with van der Waals surface area (Å²) in [4.78, 5) is 15.4. The van der Waals surface area contributed by atoms with Crippen molar-refractivity contribution in [2.45, 2.75) is 46.1 Å². The van der Waals surface area contributed by atoms with Crippen LogP contribution in [0.15, 0.2) is 17.6 Å². The molecule has 1 aliphatic carbocycles. The van der Waals surface area contributed by atoms with E-state index in [2.05, 4.69) is 38.7 Å². The van der Waals surface area contributed by atoms with Crippen LogP contribution < -0.4 is 0 Å². The number of carbonyl (C=O) groups is 1. The fourth-order valence-electron chi connectivity index (χ4n) is 3.36. The van der Waals surface area contributed by atoms with Crippen LogP contribution in [0, 0.1) is 23.2 Å².